The molecule has 1 heterocycles. The number of hydrogen-bond donors (Lipinski definition) is 1. The van der Waals surface area contributed by atoms with Crippen LogP contribution in [0.25, 0.3) is 0 Å². The molecule has 1 fully saturated rings. The molecule has 1 aliphatic heterocycles. The first kappa shape index (κ1) is 13.0. The molecule has 1 aromatic carbocycles. The fourth-order valence-corrected chi connectivity index (χ4v) is 2.33. The van der Waals surface area contributed by atoms with Crippen LogP contribution in [0.2, 0.25) is 0 Å². The summed E-state index contributed by atoms with van der Waals surface area (Å²) in [7, 11) is 0. The van der Waals surface area contributed by atoms with Gasteiger partial charge < -0.3 is 9.74 Å². The van der Waals surface area contributed by atoms with Crippen LogP contribution in [0.3, 0.4) is 0 Å². The Balaban J connectivity index is 1.96. The van der Waals surface area contributed by atoms with Crippen LogP contribution >= 0.6 is 0 Å². The molecule has 5 heteroatoms. The standard InChI is InChI=1S/C13H17FN2O2/c14-11-5-3-10(4-6-11)8-13(17)16-7-1-2-12(16)9-18-15/h3-6,12H,1-2,7-9,15H2. The van der Waals surface area contributed by atoms with Crippen molar-refractivity contribution in [2.24, 2.45) is 5.90 Å². The second-order valence-corrected chi connectivity index (χ2v) is 4.52. The molecule has 1 unspecified atom stereocenters. The zero-order chi connectivity index (χ0) is 13.0. The number of hydrogen-bond acceptors (Lipinski definition) is 3. The molecule has 1 atom stereocenters. The highest BCUT2D eigenvalue weighted by molar-refractivity contribution is 5.79. The SMILES string of the molecule is NOCC1CCCN1C(=O)Cc1ccc(F)cc1. The minimum Gasteiger partial charge on any atom is -0.337 e. The number of carbonyl (C=O) groups excluding carboxylic acids is 1. The summed E-state index contributed by atoms with van der Waals surface area (Å²) < 4.78 is 12.8. The maximum Gasteiger partial charge on any atom is 0.227 e. The van der Waals surface area contributed by atoms with Gasteiger partial charge in [-0.1, -0.05) is 12.1 Å². The Morgan fingerprint density at radius 3 is 2.83 bits per heavy atom. The van der Waals surface area contributed by atoms with Gasteiger partial charge in [0.15, 0.2) is 0 Å². The van der Waals surface area contributed by atoms with Gasteiger partial charge in [-0.15, -0.1) is 0 Å². The van der Waals surface area contributed by atoms with Gasteiger partial charge in [-0.05, 0) is 30.5 Å². The van der Waals surface area contributed by atoms with Gasteiger partial charge in [-0.25, -0.2) is 10.3 Å². The van der Waals surface area contributed by atoms with E-state index in [2.05, 4.69) is 4.84 Å². The fourth-order valence-electron chi connectivity index (χ4n) is 2.33. The quantitative estimate of drug-likeness (QED) is 0.820. The summed E-state index contributed by atoms with van der Waals surface area (Å²) in [6.07, 6.45) is 2.19. The summed E-state index contributed by atoms with van der Waals surface area (Å²) in [6, 6.07) is 6.08. The molecule has 0 aromatic heterocycles. The van der Waals surface area contributed by atoms with Gasteiger partial charge in [0, 0.05) is 6.54 Å². The van der Waals surface area contributed by atoms with Gasteiger partial charge in [0.05, 0.1) is 19.1 Å². The van der Waals surface area contributed by atoms with E-state index in [4.69, 9.17) is 5.90 Å². The Kier molecular flexibility index (Phi) is 4.28. The van der Waals surface area contributed by atoms with Gasteiger partial charge in [0.2, 0.25) is 5.91 Å². The summed E-state index contributed by atoms with van der Waals surface area (Å²) in [4.78, 5) is 18.6. The summed E-state index contributed by atoms with van der Waals surface area (Å²) in [5.74, 6) is 4.81. The van der Waals surface area contributed by atoms with Crippen LogP contribution in [0.4, 0.5) is 4.39 Å². The lowest BCUT2D eigenvalue weighted by atomic mass is 10.1. The average Bonchev–Trinajstić information content (AvgIpc) is 2.81. The van der Waals surface area contributed by atoms with E-state index in [-0.39, 0.29) is 17.8 Å². The second-order valence-electron chi connectivity index (χ2n) is 4.52. The molecule has 4 nitrogen and oxygen atoms in total. The Labute approximate surface area is 105 Å². The molecule has 1 aliphatic rings. The van der Waals surface area contributed by atoms with Crippen molar-refractivity contribution in [1.29, 1.82) is 0 Å². The fraction of sp³-hybridized carbons (Fsp3) is 0.462. The number of carbonyl (C=O) groups is 1. The van der Waals surface area contributed by atoms with E-state index >= 15 is 0 Å². The zero-order valence-electron chi connectivity index (χ0n) is 10.1. The van der Waals surface area contributed by atoms with Crippen LogP contribution in [-0.2, 0) is 16.1 Å². The average molecular weight is 252 g/mol. The monoisotopic (exact) mass is 252 g/mol. The number of rotatable bonds is 4. The topological polar surface area (TPSA) is 55.6 Å². The molecular weight excluding hydrogens is 235 g/mol. The molecule has 0 saturated carbocycles. The van der Waals surface area contributed by atoms with E-state index in [0.717, 1.165) is 24.9 Å². The van der Waals surface area contributed by atoms with E-state index in [0.29, 0.717) is 13.0 Å². The molecule has 98 valence electrons. The van der Waals surface area contributed by atoms with Crippen molar-refractivity contribution in [3.63, 3.8) is 0 Å². The van der Waals surface area contributed by atoms with Gasteiger partial charge >= 0.3 is 0 Å². The van der Waals surface area contributed by atoms with Crippen molar-refractivity contribution in [2.75, 3.05) is 13.2 Å². The molecule has 2 rings (SSSR count). The maximum atomic E-state index is 12.8. The summed E-state index contributed by atoms with van der Waals surface area (Å²) in [5, 5.41) is 0. The first-order valence-corrected chi connectivity index (χ1v) is 6.06. The number of halogens is 1. The summed E-state index contributed by atoms with van der Waals surface area (Å²) >= 11 is 0. The zero-order valence-corrected chi connectivity index (χ0v) is 10.1. The van der Waals surface area contributed by atoms with Crippen LogP contribution in [0, 0.1) is 5.82 Å². The lowest BCUT2D eigenvalue weighted by Crippen LogP contribution is -2.39. The highest BCUT2D eigenvalue weighted by Crippen LogP contribution is 2.18. The first-order chi connectivity index (χ1) is 8.70. The first-order valence-electron chi connectivity index (χ1n) is 6.06. The van der Waals surface area contributed by atoms with Gasteiger partial charge in [0.25, 0.3) is 0 Å². The van der Waals surface area contributed by atoms with Crippen molar-refractivity contribution in [3.05, 3.63) is 35.6 Å². The lowest BCUT2D eigenvalue weighted by molar-refractivity contribution is -0.132. The van der Waals surface area contributed by atoms with Crippen LogP contribution in [-0.4, -0.2) is 30.0 Å². The van der Waals surface area contributed by atoms with Crippen LogP contribution < -0.4 is 5.90 Å². The molecule has 2 N–H and O–H groups in total. The third-order valence-corrected chi connectivity index (χ3v) is 3.25. The molecule has 0 radical (unpaired) electrons. The molecule has 18 heavy (non-hydrogen) atoms. The van der Waals surface area contributed by atoms with Gasteiger partial charge in [0.1, 0.15) is 5.82 Å². The molecule has 1 amide bonds. The van der Waals surface area contributed by atoms with E-state index in [9.17, 15) is 9.18 Å². The minimum atomic E-state index is -0.290. The van der Waals surface area contributed by atoms with Crippen molar-refractivity contribution < 1.29 is 14.0 Å². The van der Waals surface area contributed by atoms with Crippen molar-refractivity contribution in [2.45, 2.75) is 25.3 Å². The molecular formula is C13H17FN2O2. The van der Waals surface area contributed by atoms with Gasteiger partial charge in [-0.3, -0.25) is 4.79 Å². The largest absolute Gasteiger partial charge is 0.337 e. The molecule has 1 aromatic rings. The summed E-state index contributed by atoms with van der Waals surface area (Å²) in [5.41, 5.74) is 0.820. The Morgan fingerprint density at radius 2 is 2.17 bits per heavy atom. The number of nitrogens with two attached hydrogens (primary N) is 1. The van der Waals surface area contributed by atoms with Crippen molar-refractivity contribution >= 4 is 5.91 Å². The molecule has 0 aliphatic carbocycles. The number of likely N-dealkylation sites (tertiary alicyclic amines) is 1. The number of amides is 1. The van der Waals surface area contributed by atoms with Gasteiger partial charge in [-0.2, -0.15) is 0 Å². The predicted molar refractivity (Wildman–Crippen MR) is 65.0 cm³/mol. The van der Waals surface area contributed by atoms with Crippen LogP contribution in [0.1, 0.15) is 18.4 Å². The smallest absolute Gasteiger partial charge is 0.227 e. The third kappa shape index (κ3) is 3.05. The van der Waals surface area contributed by atoms with Crippen LogP contribution in [0.5, 0.6) is 0 Å². The lowest BCUT2D eigenvalue weighted by Gasteiger charge is -2.23. The highest BCUT2D eigenvalue weighted by atomic mass is 19.1. The molecule has 1 saturated heterocycles. The Bertz CT molecular complexity index is 408. The predicted octanol–water partition coefficient (Wildman–Crippen LogP) is 1.25. The number of nitrogens with zero attached hydrogens (tertiary/aromatic N) is 1. The van der Waals surface area contributed by atoms with E-state index in [1.54, 1.807) is 17.0 Å². The van der Waals surface area contributed by atoms with E-state index < -0.39 is 0 Å². The molecule has 0 bridgehead atoms. The minimum absolute atomic E-state index is 0.0427. The molecule has 0 spiro atoms. The Morgan fingerprint density at radius 1 is 1.44 bits per heavy atom. The Hall–Kier alpha value is -1.46. The van der Waals surface area contributed by atoms with E-state index in [1.807, 2.05) is 0 Å². The highest BCUT2D eigenvalue weighted by Gasteiger charge is 2.28. The third-order valence-electron chi connectivity index (χ3n) is 3.25. The summed E-state index contributed by atoms with van der Waals surface area (Å²) in [6.45, 7) is 1.11. The second kappa shape index (κ2) is 5.93. The number of benzene rings is 1. The van der Waals surface area contributed by atoms with Crippen molar-refractivity contribution in [1.82, 2.24) is 4.90 Å². The van der Waals surface area contributed by atoms with Crippen LogP contribution in [0.15, 0.2) is 24.3 Å². The normalized spacial score (nSPS) is 19.2. The van der Waals surface area contributed by atoms with E-state index in [1.165, 1.54) is 12.1 Å². The maximum absolute atomic E-state index is 12.8. The van der Waals surface area contributed by atoms with Crippen molar-refractivity contribution in [3.8, 4) is 0 Å².